The van der Waals surface area contributed by atoms with Crippen molar-refractivity contribution in [1.82, 2.24) is 4.72 Å². The van der Waals surface area contributed by atoms with Crippen LogP contribution in [0.2, 0.25) is 0 Å². The highest BCUT2D eigenvalue weighted by Gasteiger charge is 2.23. The standard InChI is InChI=1S/C13H17Br2NO2S/c14-11-5-3-4-10(8-11)9-16-19(17,18)13-7-2-1-6-12(13)15/h1-2,6-7,10-11,16H,3-5,8-9H2. The van der Waals surface area contributed by atoms with Crippen molar-refractivity contribution in [2.24, 2.45) is 5.92 Å². The first-order valence-electron chi connectivity index (χ1n) is 6.37. The summed E-state index contributed by atoms with van der Waals surface area (Å²) in [6.45, 7) is 0.520. The van der Waals surface area contributed by atoms with Crippen molar-refractivity contribution in [3.8, 4) is 0 Å². The highest BCUT2D eigenvalue weighted by atomic mass is 79.9. The van der Waals surface area contributed by atoms with Gasteiger partial charge < -0.3 is 0 Å². The molecule has 0 bridgehead atoms. The lowest BCUT2D eigenvalue weighted by Gasteiger charge is -2.25. The Morgan fingerprint density at radius 1 is 1.26 bits per heavy atom. The molecule has 0 amide bonds. The summed E-state index contributed by atoms with van der Waals surface area (Å²) in [6, 6.07) is 6.89. The van der Waals surface area contributed by atoms with E-state index in [0.717, 1.165) is 19.3 Å². The van der Waals surface area contributed by atoms with Crippen LogP contribution in [0.3, 0.4) is 0 Å². The Labute approximate surface area is 131 Å². The maximum atomic E-state index is 12.2. The Hall–Kier alpha value is 0.0900. The van der Waals surface area contributed by atoms with E-state index in [1.165, 1.54) is 6.42 Å². The third-order valence-corrected chi connectivity index (χ3v) is 6.67. The van der Waals surface area contributed by atoms with Gasteiger partial charge in [-0.2, -0.15) is 0 Å². The Bertz CT molecular complexity index is 533. The number of alkyl halides is 1. The van der Waals surface area contributed by atoms with E-state index in [9.17, 15) is 8.42 Å². The number of sulfonamides is 1. The number of halogens is 2. The average molecular weight is 411 g/mol. The Morgan fingerprint density at radius 2 is 2.00 bits per heavy atom. The van der Waals surface area contributed by atoms with Crippen LogP contribution < -0.4 is 4.72 Å². The van der Waals surface area contributed by atoms with Gasteiger partial charge in [-0.25, -0.2) is 13.1 Å². The Kier molecular flexibility index (Phi) is 5.45. The zero-order chi connectivity index (χ0) is 13.9. The van der Waals surface area contributed by atoms with Crippen molar-refractivity contribution >= 4 is 41.9 Å². The van der Waals surface area contributed by atoms with Crippen molar-refractivity contribution in [2.45, 2.75) is 35.4 Å². The average Bonchev–Trinajstić information content (AvgIpc) is 2.37. The van der Waals surface area contributed by atoms with Crippen LogP contribution in [0.25, 0.3) is 0 Å². The second-order valence-corrected chi connectivity index (χ2v) is 8.80. The summed E-state index contributed by atoms with van der Waals surface area (Å²) in [5.41, 5.74) is 0. The second kappa shape index (κ2) is 6.70. The minimum atomic E-state index is -3.42. The van der Waals surface area contributed by atoms with Gasteiger partial charge in [0.05, 0.1) is 4.90 Å². The summed E-state index contributed by atoms with van der Waals surface area (Å²) in [6.07, 6.45) is 4.49. The topological polar surface area (TPSA) is 46.2 Å². The molecule has 2 rings (SSSR count). The molecule has 1 fully saturated rings. The van der Waals surface area contributed by atoms with Crippen molar-refractivity contribution in [3.63, 3.8) is 0 Å². The molecule has 106 valence electrons. The summed E-state index contributed by atoms with van der Waals surface area (Å²) in [5, 5.41) is 0. The third kappa shape index (κ3) is 4.28. The largest absolute Gasteiger partial charge is 0.241 e. The fourth-order valence-corrected chi connectivity index (χ4v) is 5.35. The number of hydrogen-bond acceptors (Lipinski definition) is 2. The number of rotatable bonds is 4. The van der Waals surface area contributed by atoms with Crippen molar-refractivity contribution in [2.75, 3.05) is 6.54 Å². The predicted molar refractivity (Wildman–Crippen MR) is 84.0 cm³/mol. The first-order valence-corrected chi connectivity index (χ1v) is 9.56. The molecule has 1 aromatic carbocycles. The first-order chi connectivity index (χ1) is 8.99. The van der Waals surface area contributed by atoms with Gasteiger partial charge in [0.1, 0.15) is 0 Å². The number of nitrogens with one attached hydrogen (secondary N) is 1. The zero-order valence-electron chi connectivity index (χ0n) is 10.5. The van der Waals surface area contributed by atoms with Gasteiger partial charge in [-0.3, -0.25) is 0 Å². The monoisotopic (exact) mass is 409 g/mol. The smallest absolute Gasteiger partial charge is 0.211 e. The van der Waals surface area contributed by atoms with E-state index in [1.54, 1.807) is 24.3 Å². The van der Waals surface area contributed by atoms with Gasteiger partial charge in [-0.05, 0) is 53.2 Å². The van der Waals surface area contributed by atoms with Crippen LogP contribution in [0.15, 0.2) is 33.6 Å². The molecule has 2 unspecified atom stereocenters. The molecule has 1 N–H and O–H groups in total. The normalized spacial score (nSPS) is 24.3. The molecular weight excluding hydrogens is 394 g/mol. The van der Waals surface area contributed by atoms with Gasteiger partial charge in [0.15, 0.2) is 0 Å². The molecule has 0 aromatic heterocycles. The van der Waals surface area contributed by atoms with Gasteiger partial charge in [0.2, 0.25) is 10.0 Å². The van der Waals surface area contributed by atoms with Gasteiger partial charge in [0, 0.05) is 15.8 Å². The van der Waals surface area contributed by atoms with E-state index in [4.69, 9.17) is 0 Å². The van der Waals surface area contributed by atoms with E-state index < -0.39 is 10.0 Å². The molecule has 2 atom stereocenters. The predicted octanol–water partition coefficient (Wildman–Crippen LogP) is 3.68. The molecule has 0 spiro atoms. The summed E-state index contributed by atoms with van der Waals surface area (Å²) in [5.74, 6) is 0.426. The minimum Gasteiger partial charge on any atom is -0.211 e. The summed E-state index contributed by atoms with van der Waals surface area (Å²) in [7, 11) is -3.42. The molecule has 0 saturated heterocycles. The molecule has 1 saturated carbocycles. The Balaban J connectivity index is 2.00. The van der Waals surface area contributed by atoms with Crippen LogP contribution in [-0.2, 0) is 10.0 Å². The molecule has 3 nitrogen and oxygen atoms in total. The van der Waals surface area contributed by atoms with Crippen LogP contribution in [0.4, 0.5) is 0 Å². The molecule has 1 aliphatic carbocycles. The maximum Gasteiger partial charge on any atom is 0.241 e. The van der Waals surface area contributed by atoms with Crippen LogP contribution in [0, 0.1) is 5.92 Å². The lowest BCUT2D eigenvalue weighted by atomic mass is 9.89. The van der Waals surface area contributed by atoms with Gasteiger partial charge >= 0.3 is 0 Å². The molecule has 0 radical (unpaired) electrons. The third-order valence-electron chi connectivity index (χ3n) is 3.41. The lowest BCUT2D eigenvalue weighted by molar-refractivity contribution is 0.368. The van der Waals surface area contributed by atoms with E-state index in [0.29, 0.717) is 26.7 Å². The van der Waals surface area contributed by atoms with Crippen molar-refractivity contribution < 1.29 is 8.42 Å². The van der Waals surface area contributed by atoms with Crippen molar-refractivity contribution in [1.29, 1.82) is 0 Å². The maximum absolute atomic E-state index is 12.2. The summed E-state index contributed by atoms with van der Waals surface area (Å²) >= 11 is 6.90. The van der Waals surface area contributed by atoms with Gasteiger partial charge in [-0.1, -0.05) is 34.5 Å². The molecule has 0 heterocycles. The zero-order valence-corrected chi connectivity index (χ0v) is 14.5. The number of hydrogen-bond donors (Lipinski definition) is 1. The fraction of sp³-hybridized carbons (Fsp3) is 0.538. The highest BCUT2D eigenvalue weighted by molar-refractivity contribution is 9.10. The summed E-state index contributed by atoms with van der Waals surface area (Å²) in [4.78, 5) is 0.834. The minimum absolute atomic E-state index is 0.307. The molecule has 19 heavy (non-hydrogen) atoms. The van der Waals surface area contributed by atoms with Crippen molar-refractivity contribution in [3.05, 3.63) is 28.7 Å². The molecular formula is C13H17Br2NO2S. The second-order valence-electron chi connectivity index (χ2n) is 4.91. The van der Waals surface area contributed by atoms with E-state index in [-0.39, 0.29) is 0 Å². The van der Waals surface area contributed by atoms with Crippen LogP contribution >= 0.6 is 31.9 Å². The molecule has 0 aliphatic heterocycles. The molecule has 6 heteroatoms. The van der Waals surface area contributed by atoms with Gasteiger partial charge in [-0.15, -0.1) is 0 Å². The quantitative estimate of drug-likeness (QED) is 0.769. The molecule has 1 aromatic rings. The molecule has 1 aliphatic rings. The summed E-state index contributed by atoms with van der Waals surface area (Å²) < 4.78 is 27.8. The first kappa shape index (κ1) is 15.5. The van der Waals surface area contributed by atoms with Crippen LogP contribution in [0.1, 0.15) is 25.7 Å². The number of benzene rings is 1. The van der Waals surface area contributed by atoms with Crippen LogP contribution in [0.5, 0.6) is 0 Å². The van der Waals surface area contributed by atoms with E-state index in [1.807, 2.05) is 0 Å². The van der Waals surface area contributed by atoms with Gasteiger partial charge in [0.25, 0.3) is 0 Å². The van der Waals surface area contributed by atoms with Crippen LogP contribution in [-0.4, -0.2) is 19.8 Å². The lowest BCUT2D eigenvalue weighted by Crippen LogP contribution is -2.32. The van der Waals surface area contributed by atoms with E-state index >= 15 is 0 Å². The SMILES string of the molecule is O=S(=O)(NCC1CCCC(Br)C1)c1ccccc1Br. The highest BCUT2D eigenvalue weighted by Crippen LogP contribution is 2.29. The Morgan fingerprint density at radius 3 is 2.68 bits per heavy atom. The van der Waals surface area contributed by atoms with E-state index in [2.05, 4.69) is 36.6 Å². The fourth-order valence-electron chi connectivity index (χ4n) is 2.38.